The van der Waals surface area contributed by atoms with Crippen LogP contribution >= 0.6 is 23.2 Å². The first-order valence-corrected chi connectivity index (χ1v) is 10.7. The Morgan fingerprint density at radius 3 is 2.21 bits per heavy atom. The number of methoxy groups -OCH3 is 2. The fraction of sp³-hybridized carbons (Fsp3) is 0.250. The van der Waals surface area contributed by atoms with Gasteiger partial charge in [0.15, 0.2) is 21.2 Å². The monoisotopic (exact) mass is 491 g/mol. The van der Waals surface area contributed by atoms with Crippen molar-refractivity contribution in [1.82, 2.24) is 0 Å². The van der Waals surface area contributed by atoms with Gasteiger partial charge in [-0.05, 0) is 54.0 Å². The zero-order chi connectivity index (χ0) is 24.1. The number of hydrogen-bond donors (Lipinski definition) is 1. The number of aromatic hydroxyl groups is 1. The number of halogens is 3. The normalized spacial score (nSPS) is 26.6. The van der Waals surface area contributed by atoms with Crippen molar-refractivity contribution in [2.45, 2.75) is 22.1 Å². The lowest BCUT2D eigenvalue weighted by atomic mass is 9.68. The molecule has 3 unspecified atom stereocenters. The standard InChI is InChI=1S/C24H20Cl2FNO5/c1-4-13-9-10-23(25)21(30)28(16-7-5-15(27)6-8-16)22(31)24(23,26)19(13)14-11-17(32-2)20(29)18(12-14)33-3/h4-9,11-12,19,29H,1,10H2,2-3H3. The Kier molecular flexibility index (Phi) is 5.66. The molecule has 2 amide bonds. The van der Waals surface area contributed by atoms with Crippen LogP contribution in [-0.2, 0) is 9.59 Å². The van der Waals surface area contributed by atoms with E-state index in [0.29, 0.717) is 11.1 Å². The lowest BCUT2D eigenvalue weighted by molar-refractivity contribution is -0.122. The zero-order valence-electron chi connectivity index (χ0n) is 17.8. The van der Waals surface area contributed by atoms with E-state index >= 15 is 0 Å². The molecule has 0 spiro atoms. The third-order valence-corrected chi connectivity index (χ3v) is 7.55. The number of phenolic OH excluding ortho intramolecular Hbond substituents is 1. The molecular weight excluding hydrogens is 472 g/mol. The average Bonchev–Trinajstić information content (AvgIpc) is 2.96. The van der Waals surface area contributed by atoms with Crippen molar-refractivity contribution in [2.75, 3.05) is 19.1 Å². The van der Waals surface area contributed by atoms with Crippen LogP contribution in [0.1, 0.15) is 17.9 Å². The van der Waals surface area contributed by atoms with Crippen LogP contribution < -0.4 is 14.4 Å². The number of rotatable bonds is 5. The van der Waals surface area contributed by atoms with Gasteiger partial charge in [0.2, 0.25) is 5.75 Å². The van der Waals surface area contributed by atoms with Crippen molar-refractivity contribution >= 4 is 40.7 Å². The number of alkyl halides is 2. The summed E-state index contributed by atoms with van der Waals surface area (Å²) in [5, 5.41) is 10.3. The number of carbonyl (C=O) groups excluding carboxylic acids is 2. The number of nitrogens with zero attached hydrogens (tertiary/aromatic N) is 1. The molecule has 1 aliphatic heterocycles. The molecule has 4 rings (SSSR count). The first-order chi connectivity index (χ1) is 15.6. The zero-order valence-corrected chi connectivity index (χ0v) is 19.3. The summed E-state index contributed by atoms with van der Waals surface area (Å²) in [5.74, 6) is -2.97. The molecule has 2 aliphatic rings. The van der Waals surface area contributed by atoms with Gasteiger partial charge < -0.3 is 14.6 Å². The summed E-state index contributed by atoms with van der Waals surface area (Å²) in [6.45, 7) is 3.83. The van der Waals surface area contributed by atoms with Crippen LogP contribution in [0.5, 0.6) is 17.2 Å². The number of hydrogen-bond acceptors (Lipinski definition) is 5. The quantitative estimate of drug-likeness (QED) is 0.485. The minimum absolute atomic E-state index is 0.0233. The van der Waals surface area contributed by atoms with E-state index in [0.717, 1.165) is 17.0 Å². The van der Waals surface area contributed by atoms with Crippen molar-refractivity contribution in [3.63, 3.8) is 0 Å². The lowest BCUT2D eigenvalue weighted by Crippen LogP contribution is -2.54. The van der Waals surface area contributed by atoms with Gasteiger partial charge in [-0.3, -0.25) is 9.59 Å². The van der Waals surface area contributed by atoms with Crippen molar-refractivity contribution in [1.29, 1.82) is 0 Å². The lowest BCUT2D eigenvalue weighted by Gasteiger charge is -2.42. The maximum absolute atomic E-state index is 13.8. The molecule has 0 saturated carbocycles. The highest BCUT2D eigenvalue weighted by atomic mass is 35.5. The SMILES string of the molecule is C=CC1=CCC2(Cl)C(=O)N(c3ccc(F)cc3)C(=O)C2(Cl)C1c1cc(OC)c(O)c(OC)c1. The molecular formula is C24H20Cl2FNO5. The second kappa shape index (κ2) is 8.08. The van der Waals surface area contributed by atoms with Gasteiger partial charge >= 0.3 is 0 Å². The van der Waals surface area contributed by atoms with Gasteiger partial charge in [-0.1, -0.05) is 18.7 Å². The number of ether oxygens (including phenoxy) is 2. The van der Waals surface area contributed by atoms with Crippen LogP contribution in [0.2, 0.25) is 0 Å². The number of allylic oxidation sites excluding steroid dienone is 3. The predicted octanol–water partition coefficient (Wildman–Crippen LogP) is 4.68. The van der Waals surface area contributed by atoms with Crippen LogP contribution in [0.15, 0.2) is 60.7 Å². The topological polar surface area (TPSA) is 76.1 Å². The van der Waals surface area contributed by atoms with Crippen molar-refractivity contribution in [3.05, 3.63) is 72.1 Å². The molecule has 2 aromatic rings. The summed E-state index contributed by atoms with van der Waals surface area (Å²) in [6.07, 6.45) is 3.22. The smallest absolute Gasteiger partial charge is 0.258 e. The van der Waals surface area contributed by atoms with Crippen molar-refractivity contribution < 1.29 is 28.6 Å². The van der Waals surface area contributed by atoms with Gasteiger partial charge in [-0.2, -0.15) is 0 Å². The molecule has 9 heteroatoms. The molecule has 0 aromatic heterocycles. The number of imide groups is 1. The van der Waals surface area contributed by atoms with Crippen LogP contribution in [0, 0.1) is 5.82 Å². The van der Waals surface area contributed by atoms with Gasteiger partial charge in [-0.15, -0.1) is 23.2 Å². The Morgan fingerprint density at radius 1 is 1.12 bits per heavy atom. The van der Waals surface area contributed by atoms with Gasteiger partial charge in [0, 0.05) is 5.92 Å². The summed E-state index contributed by atoms with van der Waals surface area (Å²) >= 11 is 14.0. The fourth-order valence-electron chi connectivity index (χ4n) is 4.48. The first-order valence-electron chi connectivity index (χ1n) is 9.93. The molecule has 1 aliphatic carbocycles. The molecule has 1 saturated heterocycles. The Morgan fingerprint density at radius 2 is 1.70 bits per heavy atom. The highest BCUT2D eigenvalue weighted by Crippen LogP contribution is 2.60. The number of carbonyl (C=O) groups is 2. The molecule has 172 valence electrons. The van der Waals surface area contributed by atoms with Gasteiger partial charge in [0.1, 0.15) is 5.82 Å². The van der Waals surface area contributed by atoms with E-state index in [1.165, 1.54) is 44.6 Å². The van der Waals surface area contributed by atoms with Crippen LogP contribution in [0.25, 0.3) is 0 Å². The maximum atomic E-state index is 13.8. The predicted molar refractivity (Wildman–Crippen MR) is 123 cm³/mol. The molecule has 0 bridgehead atoms. The average molecular weight is 492 g/mol. The Hall–Kier alpha value is -3.03. The van der Waals surface area contributed by atoms with Crippen LogP contribution in [0.3, 0.4) is 0 Å². The molecule has 6 nitrogen and oxygen atoms in total. The van der Waals surface area contributed by atoms with E-state index < -0.39 is 33.3 Å². The van der Waals surface area contributed by atoms with Crippen LogP contribution in [-0.4, -0.2) is 40.9 Å². The van der Waals surface area contributed by atoms with E-state index in [2.05, 4.69) is 6.58 Å². The third-order valence-electron chi connectivity index (χ3n) is 6.14. The molecule has 0 radical (unpaired) electrons. The Balaban J connectivity index is 1.95. The molecule has 33 heavy (non-hydrogen) atoms. The number of amides is 2. The highest BCUT2D eigenvalue weighted by molar-refractivity contribution is 6.58. The first kappa shape index (κ1) is 23.1. The van der Waals surface area contributed by atoms with Crippen molar-refractivity contribution in [3.8, 4) is 17.2 Å². The Bertz CT molecular complexity index is 1170. The number of anilines is 1. The fourth-order valence-corrected chi connectivity index (χ4v) is 5.33. The molecule has 1 N–H and O–H groups in total. The van der Waals surface area contributed by atoms with Crippen LogP contribution in [0.4, 0.5) is 10.1 Å². The summed E-state index contributed by atoms with van der Waals surface area (Å²) in [5.41, 5.74) is 1.15. The summed E-state index contributed by atoms with van der Waals surface area (Å²) < 4.78 is 24.0. The maximum Gasteiger partial charge on any atom is 0.258 e. The van der Waals surface area contributed by atoms with Crippen molar-refractivity contribution in [2.24, 2.45) is 0 Å². The number of fused-ring (bicyclic) bond motifs is 1. The highest BCUT2D eigenvalue weighted by Gasteiger charge is 2.73. The summed E-state index contributed by atoms with van der Waals surface area (Å²) in [4.78, 5) is 24.4. The summed E-state index contributed by atoms with van der Waals surface area (Å²) in [7, 11) is 2.73. The van der Waals surface area contributed by atoms with E-state index in [4.69, 9.17) is 32.7 Å². The minimum atomic E-state index is -1.95. The third kappa shape index (κ3) is 3.14. The second-order valence-electron chi connectivity index (χ2n) is 7.75. The van der Waals surface area contributed by atoms with Gasteiger partial charge in [0.05, 0.1) is 19.9 Å². The molecule has 3 atom stereocenters. The molecule has 2 aromatic carbocycles. The molecule has 1 heterocycles. The Labute approximate surface area is 199 Å². The number of benzene rings is 2. The van der Waals surface area contributed by atoms with E-state index in [9.17, 15) is 19.1 Å². The van der Waals surface area contributed by atoms with Gasteiger partial charge in [-0.25, -0.2) is 9.29 Å². The number of phenols is 1. The van der Waals surface area contributed by atoms with E-state index in [1.54, 1.807) is 6.08 Å². The van der Waals surface area contributed by atoms with Gasteiger partial charge in [0.25, 0.3) is 11.8 Å². The second-order valence-corrected chi connectivity index (χ2v) is 9.00. The van der Waals surface area contributed by atoms with E-state index in [1.807, 2.05) is 0 Å². The van der Waals surface area contributed by atoms with E-state index in [-0.39, 0.29) is 29.4 Å². The summed E-state index contributed by atoms with van der Waals surface area (Å²) in [6, 6.07) is 7.91. The minimum Gasteiger partial charge on any atom is -0.502 e. The molecule has 1 fully saturated rings. The largest absolute Gasteiger partial charge is 0.502 e.